The zero-order chi connectivity index (χ0) is 14.8. The first-order valence-electron chi connectivity index (χ1n) is 9.25. The van der Waals surface area contributed by atoms with Crippen molar-refractivity contribution in [3.05, 3.63) is 0 Å². The normalized spacial score (nSPS) is 35.0. The number of rotatable bonds is 5. The number of hydrogen-bond acceptors (Lipinski definition) is 2. The fraction of sp³-hybridized carbons (Fsp3) is 0.944. The number of hydrogen-bond donors (Lipinski definition) is 1. The van der Waals surface area contributed by atoms with E-state index in [-0.39, 0.29) is 18.4 Å². The van der Waals surface area contributed by atoms with Crippen LogP contribution in [0.1, 0.15) is 77.6 Å². The average Bonchev–Trinajstić information content (AvgIpc) is 3.24. The number of carbonyl (C=O) groups is 1. The topological polar surface area (TPSA) is 46.3 Å². The smallest absolute Gasteiger partial charge is 0.223 e. The first kappa shape index (κ1) is 18.1. The van der Waals surface area contributed by atoms with Gasteiger partial charge in [-0.15, -0.1) is 12.4 Å². The van der Waals surface area contributed by atoms with E-state index >= 15 is 0 Å². The van der Waals surface area contributed by atoms with Crippen LogP contribution in [0.2, 0.25) is 0 Å². The zero-order valence-corrected chi connectivity index (χ0v) is 14.8. The zero-order valence-electron chi connectivity index (χ0n) is 14.0. The van der Waals surface area contributed by atoms with Gasteiger partial charge in [0.15, 0.2) is 0 Å². The highest BCUT2D eigenvalue weighted by molar-refractivity contribution is 5.85. The maximum Gasteiger partial charge on any atom is 0.223 e. The van der Waals surface area contributed by atoms with Crippen LogP contribution in [0.25, 0.3) is 0 Å². The van der Waals surface area contributed by atoms with Gasteiger partial charge in [-0.2, -0.15) is 0 Å². The SMILES string of the molecule is CCC1CCC(N(C(=O)C[C@@H]2CCC[C@H]2N)C2CC2)CC1.Cl. The van der Waals surface area contributed by atoms with Gasteiger partial charge in [0.2, 0.25) is 5.91 Å². The molecule has 1 amide bonds. The summed E-state index contributed by atoms with van der Waals surface area (Å²) >= 11 is 0. The fourth-order valence-corrected chi connectivity index (χ4v) is 4.54. The number of nitrogens with two attached hydrogens (primary N) is 1. The molecule has 2 atom stereocenters. The maximum absolute atomic E-state index is 12.8. The summed E-state index contributed by atoms with van der Waals surface area (Å²) in [4.78, 5) is 15.1. The van der Waals surface area contributed by atoms with Crippen molar-refractivity contribution in [2.24, 2.45) is 17.6 Å². The van der Waals surface area contributed by atoms with E-state index in [4.69, 9.17) is 5.73 Å². The van der Waals surface area contributed by atoms with Crippen molar-refractivity contribution < 1.29 is 4.79 Å². The van der Waals surface area contributed by atoms with Crippen LogP contribution in [-0.2, 0) is 4.79 Å². The van der Waals surface area contributed by atoms with Crippen LogP contribution in [0.4, 0.5) is 0 Å². The molecule has 0 unspecified atom stereocenters. The van der Waals surface area contributed by atoms with Gasteiger partial charge < -0.3 is 10.6 Å². The van der Waals surface area contributed by atoms with Gasteiger partial charge in [-0.1, -0.05) is 19.8 Å². The predicted molar refractivity (Wildman–Crippen MR) is 93.1 cm³/mol. The monoisotopic (exact) mass is 328 g/mol. The highest BCUT2D eigenvalue weighted by Gasteiger charge is 2.39. The molecule has 3 aliphatic rings. The van der Waals surface area contributed by atoms with Crippen molar-refractivity contribution in [3.8, 4) is 0 Å². The van der Waals surface area contributed by atoms with E-state index in [1.807, 2.05) is 0 Å². The van der Waals surface area contributed by atoms with Crippen molar-refractivity contribution in [3.63, 3.8) is 0 Å². The molecule has 0 saturated heterocycles. The number of carbonyl (C=O) groups excluding carboxylic acids is 1. The molecule has 0 aromatic rings. The third-order valence-corrected chi connectivity index (χ3v) is 6.17. The summed E-state index contributed by atoms with van der Waals surface area (Å²) in [5.74, 6) is 1.77. The first-order valence-corrected chi connectivity index (χ1v) is 9.25. The third kappa shape index (κ3) is 4.17. The number of nitrogens with zero attached hydrogens (tertiary/aromatic N) is 1. The number of amides is 1. The van der Waals surface area contributed by atoms with Crippen molar-refractivity contribution in [2.45, 2.75) is 95.7 Å². The fourth-order valence-electron chi connectivity index (χ4n) is 4.54. The molecule has 0 aliphatic heterocycles. The van der Waals surface area contributed by atoms with Gasteiger partial charge in [-0.25, -0.2) is 0 Å². The van der Waals surface area contributed by atoms with E-state index in [2.05, 4.69) is 11.8 Å². The van der Waals surface area contributed by atoms with E-state index < -0.39 is 0 Å². The molecule has 128 valence electrons. The molecule has 3 nitrogen and oxygen atoms in total. The molecule has 0 aromatic heterocycles. The summed E-state index contributed by atoms with van der Waals surface area (Å²) in [6, 6.07) is 1.37. The standard InChI is InChI=1S/C18H32N2O.ClH/c1-2-13-6-8-15(9-7-13)20(16-10-11-16)18(21)12-14-4-3-5-17(14)19;/h13-17H,2-12,19H2,1H3;1H/t13?,14-,15?,17+;/m0./s1. The lowest BCUT2D eigenvalue weighted by atomic mass is 9.83. The molecule has 0 spiro atoms. The van der Waals surface area contributed by atoms with Crippen LogP contribution in [0, 0.1) is 11.8 Å². The second-order valence-corrected chi connectivity index (χ2v) is 7.67. The highest BCUT2D eigenvalue weighted by atomic mass is 35.5. The third-order valence-electron chi connectivity index (χ3n) is 6.17. The Bertz CT molecular complexity index is 364. The molecular formula is C18H33ClN2O. The van der Waals surface area contributed by atoms with Crippen molar-refractivity contribution >= 4 is 18.3 Å². The molecule has 0 bridgehead atoms. The maximum atomic E-state index is 12.8. The van der Waals surface area contributed by atoms with Crippen molar-refractivity contribution in [1.82, 2.24) is 4.90 Å². The molecule has 3 rings (SSSR count). The minimum Gasteiger partial charge on any atom is -0.337 e. The van der Waals surface area contributed by atoms with Gasteiger partial charge in [0.05, 0.1) is 0 Å². The number of halogens is 1. The Balaban J connectivity index is 0.00000176. The van der Waals surface area contributed by atoms with Crippen molar-refractivity contribution in [1.29, 1.82) is 0 Å². The lowest BCUT2D eigenvalue weighted by Crippen LogP contribution is -2.45. The van der Waals surface area contributed by atoms with E-state index in [1.54, 1.807) is 0 Å². The second kappa shape index (κ2) is 8.01. The van der Waals surface area contributed by atoms with Crippen LogP contribution in [0.5, 0.6) is 0 Å². The molecule has 3 saturated carbocycles. The summed E-state index contributed by atoms with van der Waals surface area (Å²) in [5, 5.41) is 0. The summed E-state index contributed by atoms with van der Waals surface area (Å²) in [5.41, 5.74) is 6.16. The first-order chi connectivity index (χ1) is 10.2. The lowest BCUT2D eigenvalue weighted by Gasteiger charge is -2.38. The molecule has 0 aromatic carbocycles. The van der Waals surface area contributed by atoms with Gasteiger partial charge >= 0.3 is 0 Å². The summed E-state index contributed by atoms with van der Waals surface area (Å²) < 4.78 is 0. The van der Waals surface area contributed by atoms with E-state index in [9.17, 15) is 4.79 Å². The quantitative estimate of drug-likeness (QED) is 0.832. The molecule has 0 radical (unpaired) electrons. The van der Waals surface area contributed by atoms with Crippen LogP contribution < -0.4 is 5.73 Å². The summed E-state index contributed by atoms with van der Waals surface area (Å²) in [6.07, 6.45) is 13.1. The van der Waals surface area contributed by atoms with Gasteiger partial charge in [-0.05, 0) is 63.2 Å². The predicted octanol–water partition coefficient (Wildman–Crippen LogP) is 3.89. The van der Waals surface area contributed by atoms with Gasteiger partial charge in [0, 0.05) is 24.5 Å². The molecule has 3 aliphatic carbocycles. The molecule has 2 N–H and O–H groups in total. The van der Waals surface area contributed by atoms with Gasteiger partial charge in [0.25, 0.3) is 0 Å². The molecule has 0 heterocycles. The average molecular weight is 329 g/mol. The Kier molecular flexibility index (Phi) is 6.58. The molecule has 22 heavy (non-hydrogen) atoms. The Morgan fingerprint density at radius 3 is 2.05 bits per heavy atom. The van der Waals surface area contributed by atoms with E-state index in [0.29, 0.717) is 30.3 Å². The Morgan fingerprint density at radius 1 is 1.00 bits per heavy atom. The molecule has 4 heteroatoms. The summed E-state index contributed by atoms with van der Waals surface area (Å²) in [6.45, 7) is 2.30. The van der Waals surface area contributed by atoms with Crippen molar-refractivity contribution in [2.75, 3.05) is 0 Å². The van der Waals surface area contributed by atoms with E-state index in [0.717, 1.165) is 18.8 Å². The molecule has 3 fully saturated rings. The minimum absolute atomic E-state index is 0. The largest absolute Gasteiger partial charge is 0.337 e. The second-order valence-electron chi connectivity index (χ2n) is 7.67. The van der Waals surface area contributed by atoms with E-state index in [1.165, 1.54) is 51.4 Å². The van der Waals surface area contributed by atoms with Crippen LogP contribution in [0.15, 0.2) is 0 Å². The molecular weight excluding hydrogens is 296 g/mol. The minimum atomic E-state index is 0. The van der Waals surface area contributed by atoms with Gasteiger partial charge in [0.1, 0.15) is 0 Å². The van der Waals surface area contributed by atoms with Crippen LogP contribution in [-0.4, -0.2) is 28.9 Å². The lowest BCUT2D eigenvalue weighted by molar-refractivity contribution is -0.136. The Hall–Kier alpha value is -0.280. The van der Waals surface area contributed by atoms with Crippen LogP contribution >= 0.6 is 12.4 Å². The Labute approximate surface area is 141 Å². The Morgan fingerprint density at radius 2 is 1.59 bits per heavy atom. The highest BCUT2D eigenvalue weighted by Crippen LogP contribution is 2.37. The van der Waals surface area contributed by atoms with Crippen LogP contribution in [0.3, 0.4) is 0 Å². The summed E-state index contributed by atoms with van der Waals surface area (Å²) in [7, 11) is 0. The van der Waals surface area contributed by atoms with Gasteiger partial charge in [-0.3, -0.25) is 4.79 Å².